The van der Waals surface area contributed by atoms with Gasteiger partial charge in [0, 0.05) is 61.7 Å². The summed E-state index contributed by atoms with van der Waals surface area (Å²) in [6.07, 6.45) is 12.1. The zero-order valence-electron chi connectivity index (χ0n) is 74.9. The third-order valence-electron chi connectivity index (χ3n) is 22.5. The molecule has 13 aromatic carbocycles. The van der Waals surface area contributed by atoms with Gasteiger partial charge in [0.15, 0.2) is 0 Å². The Labute approximate surface area is 725 Å². The van der Waals surface area contributed by atoms with E-state index in [4.69, 9.17) is 20.4 Å². The minimum atomic E-state index is 0.990. The standard InChI is InChI=1S/C31H35N3.C28H35N3.C27H33N3.C24H26N2/c1-5-24-13-20-28(21-14-24)34(31-22-17-26(6-2)29-11-9-10-12-30(29)31)32-23-25-15-18-27(19-16-25)33(7-3)8-4;1-6-23-10-16-27(17-11-23)31(28-18-12-24(7-2)13-19-28)29-22(5)25-14-20-26(21-15-25)30(8-3)9-4;1-5-22-9-17-26(18-10-22)30(27-19-11-23(6-2)12-20-27)28-21-24-13-15-25(16-14-24)29(7-3)8-4;1-4-20-11-15-23(16-12-20)26(24-17-13-21(5-2)14-18-24)25-19(3)22-9-7-6-8-10-22/h9-23H,5-8H2,1-4H3;10-21H,6-9H2,1-5H3;9-21H,5-8H2,1-4H3;6-18H,4-5H2,1-3H3/b32-23-;29-22-;28-21-;25-19-. The van der Waals surface area contributed by atoms with Crippen LogP contribution in [0.1, 0.15) is 178 Å². The molecule has 0 bridgehead atoms. The number of nitrogens with zero attached hydrogens (tertiary/aromatic N) is 11. The lowest BCUT2D eigenvalue weighted by atomic mass is 10.0. The van der Waals surface area contributed by atoms with E-state index in [2.05, 4.69) is 422 Å². The molecule has 0 heterocycles. The van der Waals surface area contributed by atoms with Crippen LogP contribution in [0.4, 0.5) is 62.6 Å². The van der Waals surface area contributed by atoms with Crippen molar-refractivity contribution in [3.8, 4) is 0 Å². The molecule has 0 N–H and O–H groups in total. The highest BCUT2D eigenvalue weighted by atomic mass is 15.5. The van der Waals surface area contributed by atoms with Gasteiger partial charge in [-0.05, 0) is 306 Å². The molecule has 11 heteroatoms. The molecule has 624 valence electrons. The van der Waals surface area contributed by atoms with E-state index in [0.29, 0.717) is 0 Å². The first kappa shape index (κ1) is 90.7. The second-order valence-electron chi connectivity index (χ2n) is 30.0. The Hall–Kier alpha value is -12.6. The van der Waals surface area contributed by atoms with Gasteiger partial charge in [-0.15, -0.1) is 0 Å². The average molecular weight is 1610 g/mol. The fourth-order valence-electron chi connectivity index (χ4n) is 14.6. The Bertz CT molecular complexity index is 5180. The molecule has 0 aliphatic carbocycles. The Morgan fingerprint density at radius 2 is 0.471 bits per heavy atom. The minimum absolute atomic E-state index is 0.990. The van der Waals surface area contributed by atoms with Crippen LogP contribution in [0.2, 0.25) is 0 Å². The summed E-state index contributed by atoms with van der Waals surface area (Å²) in [6, 6.07) is 110. The lowest BCUT2D eigenvalue weighted by Gasteiger charge is -2.23. The zero-order valence-corrected chi connectivity index (χ0v) is 74.9. The van der Waals surface area contributed by atoms with Crippen molar-refractivity contribution in [2.24, 2.45) is 20.4 Å². The molecule has 0 unspecified atom stereocenters. The lowest BCUT2D eigenvalue weighted by molar-refractivity contribution is 0.866. The van der Waals surface area contributed by atoms with E-state index in [1.807, 2.05) is 45.7 Å². The van der Waals surface area contributed by atoms with Gasteiger partial charge in [-0.3, -0.25) is 0 Å². The molecule has 0 amide bonds. The number of hydrazone groups is 4. The molecule has 0 spiro atoms. The molecule has 0 aromatic heterocycles. The van der Waals surface area contributed by atoms with Crippen LogP contribution < -0.4 is 34.7 Å². The Morgan fingerprint density at radius 1 is 0.223 bits per heavy atom. The van der Waals surface area contributed by atoms with Gasteiger partial charge in [0.25, 0.3) is 0 Å². The summed E-state index contributed by atoms with van der Waals surface area (Å²) in [5.74, 6) is 0. The number of hydrogen-bond acceptors (Lipinski definition) is 11. The Morgan fingerprint density at radius 3 is 0.760 bits per heavy atom. The van der Waals surface area contributed by atoms with E-state index in [0.717, 1.165) is 170 Å². The predicted molar refractivity (Wildman–Crippen MR) is 529 cm³/mol. The lowest BCUT2D eigenvalue weighted by Crippen LogP contribution is -2.21. The molecule has 0 saturated heterocycles. The fourth-order valence-corrected chi connectivity index (χ4v) is 14.6. The van der Waals surface area contributed by atoms with Gasteiger partial charge in [0.1, 0.15) is 0 Å². The van der Waals surface area contributed by atoms with E-state index < -0.39 is 0 Å². The van der Waals surface area contributed by atoms with Gasteiger partial charge in [-0.2, -0.15) is 20.4 Å². The summed E-state index contributed by atoms with van der Waals surface area (Å²) in [7, 11) is 0. The van der Waals surface area contributed by atoms with Gasteiger partial charge >= 0.3 is 0 Å². The summed E-state index contributed by atoms with van der Waals surface area (Å²) in [5.41, 5.74) is 29.4. The fraction of sp³-hybridized carbons (Fsp3) is 0.273. The maximum Gasteiger partial charge on any atom is 0.0731 e. The molecule has 13 aromatic rings. The maximum atomic E-state index is 5.05. The van der Waals surface area contributed by atoms with Gasteiger partial charge < -0.3 is 14.7 Å². The first-order valence-corrected chi connectivity index (χ1v) is 44.3. The van der Waals surface area contributed by atoms with Gasteiger partial charge in [-0.1, -0.05) is 237 Å². The number of fused-ring (bicyclic) bond motifs is 1. The highest BCUT2D eigenvalue weighted by Crippen LogP contribution is 2.37. The highest BCUT2D eigenvalue weighted by molar-refractivity contribution is 6.01. The normalized spacial score (nSPS) is 11.3. The zero-order chi connectivity index (χ0) is 85.8. The molecule has 0 aliphatic rings. The summed E-state index contributed by atoms with van der Waals surface area (Å²) < 4.78 is 0. The van der Waals surface area contributed by atoms with Crippen molar-refractivity contribution < 1.29 is 0 Å². The Kier molecular flexibility index (Phi) is 35.4. The van der Waals surface area contributed by atoms with Crippen molar-refractivity contribution in [3.05, 3.63) is 376 Å². The molecule has 11 nitrogen and oxygen atoms in total. The van der Waals surface area contributed by atoms with E-state index in [-0.39, 0.29) is 0 Å². The average Bonchev–Trinajstić information content (AvgIpc) is 0.820. The molecular formula is C110H129N11. The first-order chi connectivity index (χ1) is 59.1. The van der Waals surface area contributed by atoms with Crippen molar-refractivity contribution in [2.75, 3.05) is 74.0 Å². The highest BCUT2D eigenvalue weighted by Gasteiger charge is 2.18. The third-order valence-corrected chi connectivity index (χ3v) is 22.5. The van der Waals surface area contributed by atoms with E-state index in [9.17, 15) is 0 Å². The van der Waals surface area contributed by atoms with Crippen LogP contribution in [0.5, 0.6) is 0 Å². The van der Waals surface area contributed by atoms with Gasteiger partial charge in [0.05, 0.1) is 69.4 Å². The number of rotatable bonds is 33. The van der Waals surface area contributed by atoms with Crippen molar-refractivity contribution in [1.29, 1.82) is 0 Å². The van der Waals surface area contributed by atoms with Crippen molar-refractivity contribution in [3.63, 3.8) is 0 Å². The van der Waals surface area contributed by atoms with Crippen molar-refractivity contribution in [1.82, 2.24) is 0 Å². The number of anilines is 11. The largest absolute Gasteiger partial charge is 0.372 e. The summed E-state index contributed by atoms with van der Waals surface area (Å²) in [4.78, 5) is 7.05. The van der Waals surface area contributed by atoms with Gasteiger partial charge in [-0.25, -0.2) is 20.0 Å². The molecule has 0 saturated carbocycles. The first-order valence-electron chi connectivity index (χ1n) is 44.3. The molecule has 0 atom stereocenters. The van der Waals surface area contributed by atoms with Crippen molar-refractivity contribution in [2.45, 2.75) is 162 Å². The SMILES string of the molecule is CCc1ccc(N(/N=C(/C)c2ccc(N(CC)CC)cc2)c2ccc(CC)cc2)cc1.CCc1ccc(N(/N=C(/C)c2ccccc2)c2ccc(CC)cc2)cc1.CCc1ccc(N(/N=C\c2ccc(N(CC)CC)cc2)c2ccc(CC)c3ccccc23)cc1.CCc1ccc(N(/N=C\c2ccc(N(CC)CC)cc2)c2ccc(CC)cc2)cc1. The topological polar surface area (TPSA) is 72.1 Å². The number of benzene rings is 13. The van der Waals surface area contributed by atoms with Crippen LogP contribution in [-0.4, -0.2) is 63.1 Å². The molecule has 0 radical (unpaired) electrons. The summed E-state index contributed by atoms with van der Waals surface area (Å²) in [5, 5.41) is 30.5. The molecular weight excluding hydrogens is 1480 g/mol. The second-order valence-corrected chi connectivity index (χ2v) is 30.0. The second kappa shape index (κ2) is 47.3. The smallest absolute Gasteiger partial charge is 0.0731 e. The number of hydrogen-bond donors (Lipinski definition) is 0. The quantitative estimate of drug-likeness (QED) is 0.0300. The van der Waals surface area contributed by atoms with Crippen LogP contribution in [0, 0.1) is 0 Å². The third kappa shape index (κ3) is 25.2. The van der Waals surface area contributed by atoms with Crippen LogP contribution in [-0.2, 0) is 51.4 Å². The van der Waals surface area contributed by atoms with E-state index >= 15 is 0 Å². The van der Waals surface area contributed by atoms with Crippen LogP contribution in [0.3, 0.4) is 0 Å². The van der Waals surface area contributed by atoms with Crippen LogP contribution in [0.25, 0.3) is 10.8 Å². The van der Waals surface area contributed by atoms with Crippen LogP contribution >= 0.6 is 0 Å². The Balaban J connectivity index is 0.000000170. The molecule has 0 aliphatic heterocycles. The summed E-state index contributed by atoms with van der Waals surface area (Å²) in [6.45, 7) is 40.8. The van der Waals surface area contributed by atoms with Crippen LogP contribution in [0.15, 0.2) is 330 Å². The maximum absolute atomic E-state index is 5.05. The predicted octanol–water partition coefficient (Wildman–Crippen LogP) is 28.4. The van der Waals surface area contributed by atoms with Gasteiger partial charge in [0.2, 0.25) is 0 Å². The number of aryl methyl sites for hydroxylation is 8. The molecule has 13 rings (SSSR count). The monoisotopic (exact) mass is 1600 g/mol. The van der Waals surface area contributed by atoms with E-state index in [1.165, 1.54) is 72.3 Å². The van der Waals surface area contributed by atoms with E-state index in [1.54, 1.807) is 0 Å². The summed E-state index contributed by atoms with van der Waals surface area (Å²) >= 11 is 0. The van der Waals surface area contributed by atoms with Crippen molar-refractivity contribution >= 4 is 97.2 Å². The molecule has 121 heavy (non-hydrogen) atoms. The molecule has 0 fully saturated rings. The minimum Gasteiger partial charge on any atom is -0.372 e.